The number of aliphatic carboxylic acids is 1. The van der Waals surface area contributed by atoms with Crippen LogP contribution < -0.4 is 4.72 Å². The molecule has 0 spiro atoms. The molecule has 0 radical (unpaired) electrons. The first kappa shape index (κ1) is 14.0. The zero-order chi connectivity index (χ0) is 14.0. The van der Waals surface area contributed by atoms with E-state index in [1.54, 1.807) is 0 Å². The monoisotopic (exact) mass is 287 g/mol. The molecule has 0 unspecified atom stereocenters. The number of hydrogen-bond donors (Lipinski definition) is 2. The third-order valence-corrected chi connectivity index (χ3v) is 4.78. The summed E-state index contributed by atoms with van der Waals surface area (Å²) in [6.07, 6.45) is 1.12. The van der Waals surface area contributed by atoms with Crippen LogP contribution >= 0.6 is 0 Å². The van der Waals surface area contributed by atoms with E-state index >= 15 is 0 Å². The van der Waals surface area contributed by atoms with E-state index in [0.717, 1.165) is 6.07 Å². The quantitative estimate of drug-likeness (QED) is 0.875. The van der Waals surface area contributed by atoms with E-state index in [1.165, 1.54) is 18.2 Å². The van der Waals surface area contributed by atoms with Crippen LogP contribution in [0.4, 0.5) is 4.39 Å². The van der Waals surface area contributed by atoms with Crippen molar-refractivity contribution in [3.05, 3.63) is 30.1 Å². The summed E-state index contributed by atoms with van der Waals surface area (Å²) in [6.45, 7) is 0. The van der Waals surface area contributed by atoms with Crippen molar-refractivity contribution in [1.29, 1.82) is 0 Å². The predicted octanol–water partition coefficient (Wildman–Crippen LogP) is 1.36. The molecule has 1 fully saturated rings. The summed E-state index contributed by atoms with van der Waals surface area (Å²) in [5.74, 6) is -2.27. The van der Waals surface area contributed by atoms with Crippen LogP contribution in [0.5, 0.6) is 0 Å². The van der Waals surface area contributed by atoms with Crippen LogP contribution in [0, 0.1) is 11.7 Å². The Morgan fingerprint density at radius 1 is 1.32 bits per heavy atom. The predicted molar refractivity (Wildman–Crippen MR) is 65.5 cm³/mol. The van der Waals surface area contributed by atoms with Gasteiger partial charge in [-0.2, -0.15) is 0 Å². The molecule has 1 aromatic rings. The van der Waals surface area contributed by atoms with Gasteiger partial charge >= 0.3 is 5.97 Å². The summed E-state index contributed by atoms with van der Waals surface area (Å²) in [6, 6.07) is 4.65. The van der Waals surface area contributed by atoms with Crippen LogP contribution in [0.3, 0.4) is 0 Å². The van der Waals surface area contributed by atoms with Gasteiger partial charge in [-0.3, -0.25) is 4.79 Å². The number of halogens is 1. The van der Waals surface area contributed by atoms with Gasteiger partial charge in [-0.05, 0) is 31.4 Å². The average molecular weight is 287 g/mol. The fourth-order valence-corrected chi connectivity index (χ4v) is 3.62. The molecule has 1 aromatic carbocycles. The van der Waals surface area contributed by atoms with Crippen LogP contribution in [0.2, 0.25) is 0 Å². The van der Waals surface area contributed by atoms with E-state index in [2.05, 4.69) is 4.72 Å². The lowest BCUT2D eigenvalue weighted by Crippen LogP contribution is -2.33. The molecule has 1 aliphatic rings. The third kappa shape index (κ3) is 3.10. The normalized spacial score (nSPS) is 23.4. The van der Waals surface area contributed by atoms with Crippen LogP contribution in [-0.4, -0.2) is 25.5 Å². The second-order valence-corrected chi connectivity index (χ2v) is 6.28. The molecule has 1 saturated carbocycles. The smallest absolute Gasteiger partial charge is 0.306 e. The molecular weight excluding hydrogens is 273 g/mol. The highest BCUT2D eigenvalue weighted by Crippen LogP contribution is 2.27. The molecule has 19 heavy (non-hydrogen) atoms. The second kappa shape index (κ2) is 5.26. The summed E-state index contributed by atoms with van der Waals surface area (Å²) in [5, 5.41) is 8.85. The maximum atomic E-state index is 13.5. The molecule has 7 heteroatoms. The van der Waals surface area contributed by atoms with Crippen LogP contribution in [-0.2, 0) is 14.8 Å². The standard InChI is InChI=1S/C12H14FNO4S/c13-10-3-1-2-4-11(10)19(17,18)14-9-6-5-8(7-9)12(15)16/h1-4,8-9,14H,5-7H2,(H,15,16)/t8-,9+/m1/s1. The van der Waals surface area contributed by atoms with Crippen molar-refractivity contribution >= 4 is 16.0 Å². The molecule has 104 valence electrons. The van der Waals surface area contributed by atoms with Crippen LogP contribution in [0.15, 0.2) is 29.2 Å². The van der Waals surface area contributed by atoms with Gasteiger partial charge in [0.25, 0.3) is 0 Å². The van der Waals surface area contributed by atoms with E-state index in [4.69, 9.17) is 5.11 Å². The molecule has 0 aliphatic heterocycles. The highest BCUT2D eigenvalue weighted by molar-refractivity contribution is 7.89. The number of sulfonamides is 1. The molecule has 2 rings (SSSR count). The number of carbonyl (C=O) groups is 1. The number of benzene rings is 1. The molecule has 0 amide bonds. The number of carboxylic acid groups (broad SMARTS) is 1. The summed E-state index contributed by atoms with van der Waals surface area (Å²) in [5.41, 5.74) is 0. The van der Waals surface area contributed by atoms with Gasteiger partial charge in [0.2, 0.25) is 10.0 Å². The van der Waals surface area contributed by atoms with Crippen molar-refractivity contribution in [2.24, 2.45) is 5.92 Å². The topological polar surface area (TPSA) is 83.5 Å². The summed E-state index contributed by atoms with van der Waals surface area (Å²) >= 11 is 0. The van der Waals surface area contributed by atoms with Gasteiger partial charge < -0.3 is 5.11 Å². The number of rotatable bonds is 4. The van der Waals surface area contributed by atoms with Crippen molar-refractivity contribution in [3.8, 4) is 0 Å². The van der Waals surface area contributed by atoms with E-state index in [1.807, 2.05) is 0 Å². The van der Waals surface area contributed by atoms with Gasteiger partial charge in [0.1, 0.15) is 10.7 Å². The average Bonchev–Trinajstić information content (AvgIpc) is 2.77. The molecule has 0 saturated heterocycles. The number of carboxylic acids is 1. The second-order valence-electron chi connectivity index (χ2n) is 4.60. The number of nitrogens with one attached hydrogen (secondary N) is 1. The fraction of sp³-hybridized carbons (Fsp3) is 0.417. The fourth-order valence-electron chi connectivity index (χ4n) is 2.26. The van der Waals surface area contributed by atoms with Gasteiger partial charge in [-0.15, -0.1) is 0 Å². The largest absolute Gasteiger partial charge is 0.481 e. The molecule has 2 atom stereocenters. The first-order valence-electron chi connectivity index (χ1n) is 5.90. The van der Waals surface area contributed by atoms with Crippen LogP contribution in [0.25, 0.3) is 0 Å². The lowest BCUT2D eigenvalue weighted by molar-refractivity contribution is -0.141. The van der Waals surface area contributed by atoms with Gasteiger partial charge in [0.05, 0.1) is 5.92 Å². The Balaban J connectivity index is 2.11. The van der Waals surface area contributed by atoms with E-state index in [9.17, 15) is 17.6 Å². The summed E-state index contributed by atoms with van der Waals surface area (Å²) < 4.78 is 39.8. The highest BCUT2D eigenvalue weighted by Gasteiger charge is 2.33. The van der Waals surface area contributed by atoms with Crippen molar-refractivity contribution < 1.29 is 22.7 Å². The Kier molecular flexibility index (Phi) is 3.86. The summed E-state index contributed by atoms with van der Waals surface area (Å²) in [7, 11) is -3.94. The van der Waals surface area contributed by atoms with Crippen molar-refractivity contribution in [3.63, 3.8) is 0 Å². The van der Waals surface area contributed by atoms with Crippen molar-refractivity contribution in [2.75, 3.05) is 0 Å². The van der Waals surface area contributed by atoms with Crippen LogP contribution in [0.1, 0.15) is 19.3 Å². The Hall–Kier alpha value is -1.47. The Labute approximate surface area is 110 Å². The van der Waals surface area contributed by atoms with E-state index < -0.39 is 38.7 Å². The van der Waals surface area contributed by atoms with Gasteiger partial charge in [0.15, 0.2) is 0 Å². The van der Waals surface area contributed by atoms with Gasteiger partial charge in [-0.25, -0.2) is 17.5 Å². The molecule has 2 N–H and O–H groups in total. The third-order valence-electron chi connectivity index (χ3n) is 3.23. The summed E-state index contributed by atoms with van der Waals surface area (Å²) in [4.78, 5) is 10.4. The molecule has 5 nitrogen and oxygen atoms in total. The van der Waals surface area contributed by atoms with E-state index in [0.29, 0.717) is 12.8 Å². The van der Waals surface area contributed by atoms with E-state index in [-0.39, 0.29) is 6.42 Å². The maximum Gasteiger partial charge on any atom is 0.306 e. The molecular formula is C12H14FNO4S. The molecule has 1 aliphatic carbocycles. The lowest BCUT2D eigenvalue weighted by atomic mass is 10.1. The Bertz CT molecular complexity index is 587. The zero-order valence-corrected chi connectivity index (χ0v) is 10.9. The van der Waals surface area contributed by atoms with Gasteiger partial charge in [0, 0.05) is 6.04 Å². The minimum Gasteiger partial charge on any atom is -0.481 e. The SMILES string of the molecule is O=C(O)[C@@H]1CC[C@H](NS(=O)(=O)c2ccccc2F)C1. The Morgan fingerprint density at radius 2 is 2.00 bits per heavy atom. The van der Waals surface area contributed by atoms with Gasteiger partial charge in [-0.1, -0.05) is 12.1 Å². The minimum atomic E-state index is -3.94. The molecule has 0 aromatic heterocycles. The molecule has 0 heterocycles. The Morgan fingerprint density at radius 3 is 2.58 bits per heavy atom. The maximum absolute atomic E-state index is 13.5. The lowest BCUT2D eigenvalue weighted by Gasteiger charge is -2.13. The molecule has 0 bridgehead atoms. The highest BCUT2D eigenvalue weighted by atomic mass is 32.2. The van der Waals surface area contributed by atoms with Crippen molar-refractivity contribution in [2.45, 2.75) is 30.2 Å². The first-order chi connectivity index (χ1) is 8.90. The number of hydrogen-bond acceptors (Lipinski definition) is 3. The first-order valence-corrected chi connectivity index (χ1v) is 7.38. The minimum absolute atomic E-state index is 0.239. The van der Waals surface area contributed by atoms with Crippen molar-refractivity contribution in [1.82, 2.24) is 4.72 Å². The zero-order valence-electron chi connectivity index (χ0n) is 10.0.